The zero-order valence-corrected chi connectivity index (χ0v) is 29.2. The number of rotatable bonds is 13. The van der Waals surface area contributed by atoms with Gasteiger partial charge in [-0.05, 0) is 77.0 Å². The molecule has 2 fully saturated rings. The number of carboxylic acid groups (broad SMARTS) is 1. The number of aliphatic carboxylic acids is 1. The number of ether oxygens (including phenoxy) is 2. The SMILES string of the molecule is C/C=C\CCCCN(C)C(=O)[C@@H]1C[C@H](Oc2cc(-n3ccc(C(C)(C)C)n3)nc3c(C)c(OC)ccc23)C[C@H]1C(=O)NC1(C(=O)O)CC1. The lowest BCUT2D eigenvalue weighted by Gasteiger charge is -2.25. The van der Waals surface area contributed by atoms with Crippen molar-refractivity contribution in [2.24, 2.45) is 11.8 Å². The van der Waals surface area contributed by atoms with E-state index < -0.39 is 35.4 Å². The predicted molar refractivity (Wildman–Crippen MR) is 184 cm³/mol. The lowest BCUT2D eigenvalue weighted by Crippen LogP contribution is -2.48. The molecule has 11 heteroatoms. The molecule has 0 aliphatic heterocycles. The Hall–Kier alpha value is -4.41. The number of fused-ring (bicyclic) bond motifs is 1. The fourth-order valence-corrected chi connectivity index (χ4v) is 6.50. The van der Waals surface area contributed by atoms with Crippen molar-refractivity contribution in [2.45, 2.75) is 96.6 Å². The van der Waals surface area contributed by atoms with E-state index in [1.807, 2.05) is 50.4 Å². The highest BCUT2D eigenvalue weighted by molar-refractivity contribution is 5.94. The smallest absolute Gasteiger partial charge is 0.329 e. The Labute approximate surface area is 282 Å². The third kappa shape index (κ3) is 7.34. The molecule has 2 heterocycles. The van der Waals surface area contributed by atoms with Gasteiger partial charge in [0.15, 0.2) is 5.82 Å². The molecule has 0 saturated heterocycles. The van der Waals surface area contributed by atoms with Crippen molar-refractivity contribution in [1.29, 1.82) is 0 Å². The first-order chi connectivity index (χ1) is 22.8. The molecule has 3 aromatic rings. The minimum Gasteiger partial charge on any atom is -0.496 e. The van der Waals surface area contributed by atoms with Crippen LogP contribution in [0.25, 0.3) is 16.7 Å². The zero-order valence-electron chi connectivity index (χ0n) is 29.2. The standard InChI is InChI=1S/C37H49N5O6/c1-8-9-10-11-12-18-41(6)34(44)27-21-24(20-26(27)33(43)39-37(16-17-37)35(45)46)48-29-22-31(42-19-15-30(40-42)36(3,4)5)38-32-23(2)28(47-7)14-13-25(29)32/h8-9,13-15,19,22,24,26-27H,10-12,16-18,20-21H2,1-7H3,(H,39,43)(H,45,46)/b9-8-/t24-,26-,27-/m1/s1. The Bertz CT molecular complexity index is 1700. The van der Waals surface area contributed by atoms with Crippen LogP contribution in [0, 0.1) is 18.8 Å². The summed E-state index contributed by atoms with van der Waals surface area (Å²) in [7, 11) is 3.39. The van der Waals surface area contributed by atoms with Crippen molar-refractivity contribution in [2.75, 3.05) is 20.7 Å². The van der Waals surface area contributed by atoms with Gasteiger partial charge in [0.05, 0.1) is 30.2 Å². The molecule has 1 aromatic carbocycles. The number of carbonyl (C=O) groups is 3. The second kappa shape index (κ2) is 14.0. The summed E-state index contributed by atoms with van der Waals surface area (Å²) in [4.78, 5) is 46.1. The predicted octanol–water partition coefficient (Wildman–Crippen LogP) is 5.75. The van der Waals surface area contributed by atoms with Crippen molar-refractivity contribution in [3.8, 4) is 17.3 Å². The Morgan fingerprint density at radius 2 is 1.85 bits per heavy atom. The summed E-state index contributed by atoms with van der Waals surface area (Å²) in [6.07, 6.45) is 9.64. The van der Waals surface area contributed by atoms with Crippen molar-refractivity contribution < 1.29 is 29.0 Å². The molecule has 2 saturated carbocycles. The fraction of sp³-hybridized carbons (Fsp3) is 0.541. The first kappa shape index (κ1) is 34.9. The maximum absolute atomic E-state index is 13.9. The van der Waals surface area contributed by atoms with Crippen LogP contribution >= 0.6 is 0 Å². The Morgan fingerprint density at radius 1 is 1.12 bits per heavy atom. The molecule has 0 unspecified atom stereocenters. The number of nitrogens with one attached hydrogen (secondary N) is 1. The topological polar surface area (TPSA) is 136 Å². The maximum atomic E-state index is 13.9. The number of carbonyl (C=O) groups excluding carboxylic acids is 2. The van der Waals surface area contributed by atoms with Gasteiger partial charge in [-0.2, -0.15) is 5.10 Å². The van der Waals surface area contributed by atoms with Crippen LogP contribution in [0.2, 0.25) is 0 Å². The summed E-state index contributed by atoms with van der Waals surface area (Å²) >= 11 is 0. The second-order valence-corrected chi connectivity index (χ2v) is 14.3. The molecule has 2 aromatic heterocycles. The largest absolute Gasteiger partial charge is 0.496 e. The van der Waals surface area contributed by atoms with E-state index in [-0.39, 0.29) is 17.7 Å². The molecule has 0 spiro atoms. The van der Waals surface area contributed by atoms with E-state index >= 15 is 0 Å². The molecule has 2 aliphatic carbocycles. The lowest BCUT2D eigenvalue weighted by atomic mass is 9.93. The number of nitrogens with zero attached hydrogens (tertiary/aromatic N) is 4. The van der Waals surface area contributed by atoms with Crippen molar-refractivity contribution >= 4 is 28.7 Å². The van der Waals surface area contributed by atoms with Crippen LogP contribution in [-0.4, -0.2) is 74.9 Å². The molecule has 5 rings (SSSR count). The van der Waals surface area contributed by atoms with E-state index in [0.29, 0.717) is 48.6 Å². The number of methoxy groups -OCH3 is 1. The van der Waals surface area contributed by atoms with Crippen molar-refractivity contribution in [1.82, 2.24) is 25.0 Å². The average Bonchev–Trinajstić information content (AvgIpc) is 3.44. The molecule has 0 bridgehead atoms. The normalized spacial score (nSPS) is 20.2. The summed E-state index contributed by atoms with van der Waals surface area (Å²) in [6.45, 7) is 10.8. The number of hydrogen-bond donors (Lipinski definition) is 2. The van der Waals surface area contributed by atoms with Gasteiger partial charge in [0.1, 0.15) is 23.1 Å². The first-order valence-corrected chi connectivity index (χ1v) is 16.9. The van der Waals surface area contributed by atoms with Crippen LogP contribution in [0.15, 0.2) is 42.6 Å². The first-order valence-electron chi connectivity index (χ1n) is 16.9. The van der Waals surface area contributed by atoms with Gasteiger partial charge >= 0.3 is 5.97 Å². The van der Waals surface area contributed by atoms with E-state index in [1.54, 1.807) is 23.7 Å². The number of aromatic nitrogens is 3. The van der Waals surface area contributed by atoms with Gasteiger partial charge in [-0.1, -0.05) is 32.9 Å². The van der Waals surface area contributed by atoms with Crippen LogP contribution in [-0.2, 0) is 19.8 Å². The lowest BCUT2D eigenvalue weighted by molar-refractivity contribution is -0.145. The van der Waals surface area contributed by atoms with E-state index in [2.05, 4.69) is 32.2 Å². The zero-order chi connectivity index (χ0) is 34.8. The number of amides is 2. The summed E-state index contributed by atoms with van der Waals surface area (Å²) < 4.78 is 14.0. The molecule has 2 aliphatic rings. The number of unbranched alkanes of at least 4 members (excludes halogenated alkanes) is 2. The van der Waals surface area contributed by atoms with Gasteiger partial charge in [-0.25, -0.2) is 14.5 Å². The molecule has 3 atom stereocenters. The number of pyridine rings is 1. The highest BCUT2D eigenvalue weighted by Gasteiger charge is 2.54. The van der Waals surface area contributed by atoms with Crippen molar-refractivity contribution in [3.05, 3.63) is 53.9 Å². The monoisotopic (exact) mass is 659 g/mol. The molecule has 0 radical (unpaired) electrons. The highest BCUT2D eigenvalue weighted by Crippen LogP contribution is 2.42. The Kier molecular flexibility index (Phi) is 10.2. The van der Waals surface area contributed by atoms with Crippen LogP contribution in [0.3, 0.4) is 0 Å². The molecule has 2 N–H and O–H groups in total. The van der Waals surface area contributed by atoms with Gasteiger partial charge in [0.25, 0.3) is 0 Å². The quantitative estimate of drug-likeness (QED) is 0.175. The number of allylic oxidation sites excluding steroid dienone is 2. The van der Waals surface area contributed by atoms with Gasteiger partial charge in [-0.3, -0.25) is 9.59 Å². The average molecular weight is 660 g/mol. The van der Waals surface area contributed by atoms with Gasteiger partial charge < -0.3 is 24.8 Å². The Morgan fingerprint density at radius 3 is 2.48 bits per heavy atom. The van der Waals surface area contributed by atoms with Gasteiger partial charge in [-0.15, -0.1) is 0 Å². The summed E-state index contributed by atoms with van der Waals surface area (Å²) in [5.74, 6) is -1.12. The number of benzene rings is 1. The number of carboxylic acids is 1. The number of hydrogen-bond acceptors (Lipinski definition) is 7. The third-order valence-electron chi connectivity index (χ3n) is 9.66. The van der Waals surface area contributed by atoms with Crippen LogP contribution in [0.1, 0.15) is 83.9 Å². The fourth-order valence-electron chi connectivity index (χ4n) is 6.50. The summed E-state index contributed by atoms with van der Waals surface area (Å²) in [5, 5.41) is 18.1. The minimum absolute atomic E-state index is 0.125. The van der Waals surface area contributed by atoms with Crippen molar-refractivity contribution in [3.63, 3.8) is 0 Å². The summed E-state index contributed by atoms with van der Waals surface area (Å²) in [5.41, 5.74) is 1.07. The van der Waals surface area contributed by atoms with E-state index in [1.165, 1.54) is 0 Å². The van der Waals surface area contributed by atoms with Crippen LogP contribution in [0.4, 0.5) is 0 Å². The molecular weight excluding hydrogens is 610 g/mol. The number of aryl methyl sites for hydroxylation is 1. The van der Waals surface area contributed by atoms with E-state index in [0.717, 1.165) is 35.9 Å². The van der Waals surface area contributed by atoms with Gasteiger partial charge in [0.2, 0.25) is 11.8 Å². The minimum atomic E-state index is -1.25. The summed E-state index contributed by atoms with van der Waals surface area (Å²) in [6, 6.07) is 7.60. The molecule has 11 nitrogen and oxygen atoms in total. The second-order valence-electron chi connectivity index (χ2n) is 14.3. The Balaban J connectivity index is 1.46. The van der Waals surface area contributed by atoms with E-state index in [9.17, 15) is 19.5 Å². The van der Waals surface area contributed by atoms with Crippen LogP contribution in [0.5, 0.6) is 11.5 Å². The molecular formula is C37H49N5O6. The van der Waals surface area contributed by atoms with E-state index in [4.69, 9.17) is 19.6 Å². The molecule has 2 amide bonds. The third-order valence-corrected chi connectivity index (χ3v) is 9.66. The molecule has 48 heavy (non-hydrogen) atoms. The highest BCUT2D eigenvalue weighted by atomic mass is 16.5. The maximum Gasteiger partial charge on any atom is 0.329 e. The van der Waals surface area contributed by atoms with Gasteiger partial charge in [0, 0.05) is 42.2 Å². The van der Waals surface area contributed by atoms with Crippen LogP contribution < -0.4 is 14.8 Å². The molecule has 258 valence electrons.